The third-order valence-electron chi connectivity index (χ3n) is 9.40. The summed E-state index contributed by atoms with van der Waals surface area (Å²) in [7, 11) is -3.72. The molecule has 2 unspecified atom stereocenters. The third-order valence-corrected chi connectivity index (χ3v) is 11.5. The number of carbonyl (C=O) groups excluding carboxylic acids is 5. The molecule has 1 aromatic rings. The smallest absolute Gasteiger partial charge is 0.315 e. The van der Waals surface area contributed by atoms with Gasteiger partial charge in [0.2, 0.25) is 17.6 Å². The fourth-order valence-electron chi connectivity index (χ4n) is 6.67. The predicted octanol–water partition coefficient (Wildman–Crippen LogP) is 1.78. The minimum atomic E-state index is -3.72. The van der Waals surface area contributed by atoms with Crippen molar-refractivity contribution in [2.24, 2.45) is 34.3 Å². The fourth-order valence-corrected chi connectivity index (χ4v) is 8.43. The van der Waals surface area contributed by atoms with Gasteiger partial charge in [-0.15, -0.1) is 0 Å². The molecule has 3 fully saturated rings. The van der Waals surface area contributed by atoms with Crippen LogP contribution in [0.1, 0.15) is 67.7 Å². The Kier molecular flexibility index (Phi) is 9.20. The van der Waals surface area contributed by atoms with Crippen LogP contribution in [0.25, 0.3) is 0 Å². The Morgan fingerprint density at radius 1 is 1.00 bits per heavy atom. The van der Waals surface area contributed by atoms with E-state index < -0.39 is 68.5 Å². The molecule has 2 aliphatic carbocycles. The van der Waals surface area contributed by atoms with Crippen LogP contribution in [0.3, 0.4) is 0 Å². The summed E-state index contributed by atoms with van der Waals surface area (Å²) in [6.45, 7) is 12.9. The van der Waals surface area contributed by atoms with Gasteiger partial charge in [-0.25, -0.2) is 13.2 Å². The molecule has 0 aromatic heterocycles. The molecule has 0 bridgehead atoms. The van der Waals surface area contributed by atoms with Crippen molar-refractivity contribution in [2.75, 3.05) is 12.3 Å². The lowest BCUT2D eigenvalue weighted by atomic mass is 9.85. The predicted molar refractivity (Wildman–Crippen MR) is 167 cm³/mol. The number of hydrogen-bond acceptors (Lipinski definition) is 7. The number of amides is 5. The van der Waals surface area contributed by atoms with Gasteiger partial charge in [0.05, 0.1) is 22.2 Å². The van der Waals surface area contributed by atoms with Crippen LogP contribution in [-0.2, 0) is 29.0 Å². The van der Waals surface area contributed by atoms with E-state index in [4.69, 9.17) is 5.73 Å². The summed E-state index contributed by atoms with van der Waals surface area (Å²) >= 11 is 0. The van der Waals surface area contributed by atoms with Crippen molar-refractivity contribution in [2.45, 2.75) is 96.3 Å². The van der Waals surface area contributed by atoms with Gasteiger partial charge in [-0.05, 0) is 61.0 Å². The van der Waals surface area contributed by atoms with E-state index >= 15 is 0 Å². The van der Waals surface area contributed by atoms with Crippen LogP contribution >= 0.6 is 0 Å². The zero-order valence-electron chi connectivity index (χ0n) is 27.2. The number of likely N-dealkylation sites (tertiary alicyclic amines) is 1. The molecular weight excluding hydrogens is 598 g/mol. The molecule has 0 spiro atoms. The highest BCUT2D eigenvalue weighted by Gasteiger charge is 2.70. The van der Waals surface area contributed by atoms with E-state index in [0.29, 0.717) is 13.0 Å². The highest BCUT2D eigenvalue weighted by Crippen LogP contribution is 2.65. The molecule has 1 heterocycles. The second kappa shape index (κ2) is 12.0. The Morgan fingerprint density at radius 2 is 1.60 bits per heavy atom. The Morgan fingerprint density at radius 3 is 2.13 bits per heavy atom. The Labute approximate surface area is 265 Å². The average molecular weight is 646 g/mol. The SMILES string of the molecule is CC(C)(CS(=O)(=O)c1ccccc1)NC(=O)N[C@H](C(=O)N1C[C@H]2C([C@H]1C(=O)NC(CC1CC1)C(=O)C(N)=O)C2(C)C)C(C)(C)C. The highest BCUT2D eigenvalue weighted by molar-refractivity contribution is 7.91. The van der Waals surface area contributed by atoms with Gasteiger partial charge in [-0.2, -0.15) is 0 Å². The minimum absolute atomic E-state index is 0.0440. The van der Waals surface area contributed by atoms with Crippen LogP contribution < -0.4 is 21.7 Å². The quantitative estimate of drug-likeness (QED) is 0.250. The molecule has 13 heteroatoms. The van der Waals surface area contributed by atoms with Gasteiger partial charge in [-0.3, -0.25) is 19.2 Å². The number of nitrogens with one attached hydrogen (secondary N) is 3. The number of hydrogen-bond donors (Lipinski definition) is 4. The van der Waals surface area contributed by atoms with Crippen LogP contribution in [0.5, 0.6) is 0 Å². The van der Waals surface area contributed by atoms with Crippen molar-refractivity contribution in [3.63, 3.8) is 0 Å². The molecule has 248 valence electrons. The lowest BCUT2D eigenvalue weighted by Gasteiger charge is -2.38. The first-order valence-corrected chi connectivity index (χ1v) is 17.1. The number of piperidine rings is 1. The van der Waals surface area contributed by atoms with E-state index in [9.17, 15) is 32.4 Å². The molecule has 4 rings (SSSR count). The molecule has 0 radical (unpaired) electrons. The van der Waals surface area contributed by atoms with E-state index in [2.05, 4.69) is 16.0 Å². The summed E-state index contributed by atoms with van der Waals surface area (Å²) in [4.78, 5) is 67.2. The summed E-state index contributed by atoms with van der Waals surface area (Å²) in [5.41, 5.74) is 3.09. The first-order chi connectivity index (χ1) is 20.7. The lowest BCUT2D eigenvalue weighted by molar-refractivity contribution is -0.145. The van der Waals surface area contributed by atoms with Crippen LogP contribution in [-0.4, -0.2) is 78.8 Å². The summed E-state index contributed by atoms with van der Waals surface area (Å²) in [5, 5.41) is 8.19. The van der Waals surface area contributed by atoms with Gasteiger partial charge in [0, 0.05) is 6.54 Å². The van der Waals surface area contributed by atoms with E-state index in [0.717, 1.165) is 12.8 Å². The van der Waals surface area contributed by atoms with Gasteiger partial charge in [0.15, 0.2) is 9.84 Å². The van der Waals surface area contributed by atoms with Crippen molar-refractivity contribution < 1.29 is 32.4 Å². The standard InChI is InChI=1S/C32H47N5O7S/c1-30(2,3)25(35-29(42)36-31(4,5)17-45(43,44)19-11-9-8-10-12-19)28(41)37-16-20-22(32(20,6)7)23(37)27(40)34-21(15-18-13-14-18)24(38)26(33)39/h8-12,18,20-23,25H,13-17H2,1-7H3,(H2,33,39)(H,34,40)(H2,35,36,42)/t20-,21?,22?,23-,25+/m0/s1. The molecule has 3 aliphatic rings. The average Bonchev–Trinajstić information content (AvgIpc) is 3.77. The minimum Gasteiger partial charge on any atom is -0.363 e. The molecular formula is C32H47N5O7S. The molecule has 5 N–H and O–H groups in total. The van der Waals surface area contributed by atoms with E-state index in [1.165, 1.54) is 17.0 Å². The van der Waals surface area contributed by atoms with Gasteiger partial charge < -0.3 is 26.6 Å². The summed E-state index contributed by atoms with van der Waals surface area (Å²) in [5.74, 6) is -3.23. The number of nitrogens with zero attached hydrogens (tertiary/aromatic N) is 1. The number of ketones is 1. The second-order valence-corrected chi connectivity index (χ2v) is 17.2. The van der Waals surface area contributed by atoms with E-state index in [1.807, 2.05) is 13.8 Å². The van der Waals surface area contributed by atoms with Crippen molar-refractivity contribution in [1.29, 1.82) is 0 Å². The van der Waals surface area contributed by atoms with Crippen molar-refractivity contribution >= 4 is 39.4 Å². The maximum absolute atomic E-state index is 14.2. The number of carbonyl (C=O) groups is 5. The largest absolute Gasteiger partial charge is 0.363 e. The maximum Gasteiger partial charge on any atom is 0.315 e. The molecule has 12 nitrogen and oxygen atoms in total. The highest BCUT2D eigenvalue weighted by atomic mass is 32.2. The normalized spacial score (nSPS) is 23.7. The first kappa shape index (κ1) is 34.4. The Balaban J connectivity index is 1.50. The first-order valence-electron chi connectivity index (χ1n) is 15.5. The summed E-state index contributed by atoms with van der Waals surface area (Å²) in [6.07, 6.45) is 2.12. The van der Waals surface area contributed by atoms with Gasteiger partial charge in [0.25, 0.3) is 5.91 Å². The second-order valence-electron chi connectivity index (χ2n) is 15.2. The molecule has 1 saturated heterocycles. The Hall–Kier alpha value is -3.48. The van der Waals surface area contributed by atoms with Crippen LogP contribution in [0.15, 0.2) is 35.2 Å². The number of urea groups is 1. The van der Waals surface area contributed by atoms with Gasteiger partial charge in [-0.1, -0.05) is 65.7 Å². The lowest BCUT2D eigenvalue weighted by Crippen LogP contribution is -2.62. The number of fused-ring (bicyclic) bond motifs is 1. The van der Waals surface area contributed by atoms with E-state index in [-0.39, 0.29) is 33.8 Å². The number of primary amides is 1. The molecule has 1 aliphatic heterocycles. The van der Waals surface area contributed by atoms with Crippen molar-refractivity contribution in [1.82, 2.24) is 20.9 Å². The topological polar surface area (TPSA) is 185 Å². The maximum atomic E-state index is 14.2. The molecule has 45 heavy (non-hydrogen) atoms. The summed E-state index contributed by atoms with van der Waals surface area (Å²) < 4.78 is 26.0. The molecule has 1 aromatic carbocycles. The van der Waals surface area contributed by atoms with Gasteiger partial charge >= 0.3 is 6.03 Å². The van der Waals surface area contributed by atoms with Gasteiger partial charge in [0.1, 0.15) is 12.1 Å². The fraction of sp³-hybridized carbons (Fsp3) is 0.656. The van der Waals surface area contributed by atoms with Crippen molar-refractivity contribution in [3.8, 4) is 0 Å². The van der Waals surface area contributed by atoms with Crippen LogP contribution in [0, 0.1) is 28.6 Å². The van der Waals surface area contributed by atoms with E-state index in [1.54, 1.807) is 52.8 Å². The molecule has 5 atom stereocenters. The monoisotopic (exact) mass is 645 g/mol. The Bertz CT molecular complexity index is 1460. The number of nitrogens with two attached hydrogens (primary N) is 1. The van der Waals surface area contributed by atoms with Crippen LogP contribution in [0.2, 0.25) is 0 Å². The zero-order valence-corrected chi connectivity index (χ0v) is 28.0. The number of sulfone groups is 1. The third kappa shape index (κ3) is 7.67. The number of rotatable bonds is 12. The number of Topliss-reactive ketones (excluding diaryl/α,β-unsaturated/α-hetero) is 1. The molecule has 5 amide bonds. The van der Waals surface area contributed by atoms with Crippen LogP contribution in [0.4, 0.5) is 4.79 Å². The number of benzene rings is 1. The summed E-state index contributed by atoms with van der Waals surface area (Å²) in [6, 6.07) is 4.20. The zero-order chi connectivity index (χ0) is 33.7. The molecule has 2 saturated carbocycles. The van der Waals surface area contributed by atoms with Crippen molar-refractivity contribution in [3.05, 3.63) is 30.3 Å².